The third-order valence-corrected chi connectivity index (χ3v) is 4.60. The van der Waals surface area contributed by atoms with Gasteiger partial charge in [-0.1, -0.05) is 33.6 Å². The molecular formula is C16H28N2O2. The Morgan fingerprint density at radius 3 is 2.45 bits per heavy atom. The first kappa shape index (κ1) is 15.3. The van der Waals surface area contributed by atoms with Gasteiger partial charge >= 0.3 is 0 Å². The van der Waals surface area contributed by atoms with E-state index in [-0.39, 0.29) is 23.9 Å². The number of carbonyl (C=O) groups excluding carboxylic acids is 2. The molecule has 0 aromatic carbocycles. The SMILES string of the molecule is CCC1C(=O)NC(CC(C)C)C(=O)N1CC1CCCC1. The second kappa shape index (κ2) is 6.59. The number of amides is 2. The molecule has 0 radical (unpaired) electrons. The lowest BCUT2D eigenvalue weighted by atomic mass is 9.96. The molecule has 114 valence electrons. The Labute approximate surface area is 122 Å². The number of hydrogen-bond donors (Lipinski definition) is 1. The molecule has 4 heteroatoms. The van der Waals surface area contributed by atoms with Crippen molar-refractivity contribution in [1.29, 1.82) is 0 Å². The number of carbonyl (C=O) groups is 2. The molecular weight excluding hydrogens is 252 g/mol. The molecule has 2 amide bonds. The quantitative estimate of drug-likeness (QED) is 0.840. The lowest BCUT2D eigenvalue weighted by Gasteiger charge is -2.40. The van der Waals surface area contributed by atoms with Crippen LogP contribution in [0, 0.1) is 11.8 Å². The van der Waals surface area contributed by atoms with Gasteiger partial charge in [0.2, 0.25) is 11.8 Å². The van der Waals surface area contributed by atoms with Crippen LogP contribution >= 0.6 is 0 Å². The summed E-state index contributed by atoms with van der Waals surface area (Å²) in [6.07, 6.45) is 6.39. The summed E-state index contributed by atoms with van der Waals surface area (Å²) in [5.41, 5.74) is 0. The van der Waals surface area contributed by atoms with Gasteiger partial charge in [0.15, 0.2) is 0 Å². The van der Waals surface area contributed by atoms with Crippen LogP contribution in [0.2, 0.25) is 0 Å². The van der Waals surface area contributed by atoms with E-state index in [0.717, 1.165) is 13.0 Å². The Morgan fingerprint density at radius 1 is 1.25 bits per heavy atom. The van der Waals surface area contributed by atoms with Crippen LogP contribution in [0.1, 0.15) is 59.3 Å². The summed E-state index contributed by atoms with van der Waals surface area (Å²) in [5.74, 6) is 1.18. The van der Waals surface area contributed by atoms with Crippen molar-refractivity contribution in [3.63, 3.8) is 0 Å². The van der Waals surface area contributed by atoms with Gasteiger partial charge in [0.25, 0.3) is 0 Å². The summed E-state index contributed by atoms with van der Waals surface area (Å²) < 4.78 is 0. The molecule has 2 rings (SSSR count). The molecule has 2 unspecified atom stereocenters. The van der Waals surface area contributed by atoms with Gasteiger partial charge in [-0.15, -0.1) is 0 Å². The number of hydrogen-bond acceptors (Lipinski definition) is 2. The van der Waals surface area contributed by atoms with E-state index < -0.39 is 0 Å². The number of nitrogens with one attached hydrogen (secondary N) is 1. The Kier molecular flexibility index (Phi) is 5.06. The highest BCUT2D eigenvalue weighted by atomic mass is 16.2. The molecule has 2 fully saturated rings. The Morgan fingerprint density at radius 2 is 1.90 bits per heavy atom. The molecule has 0 aromatic heterocycles. The van der Waals surface area contributed by atoms with Crippen LogP contribution in [-0.2, 0) is 9.59 Å². The normalized spacial score (nSPS) is 28.3. The van der Waals surface area contributed by atoms with Gasteiger partial charge in [0.1, 0.15) is 12.1 Å². The molecule has 1 saturated heterocycles. The molecule has 0 spiro atoms. The molecule has 1 aliphatic carbocycles. The van der Waals surface area contributed by atoms with Crippen molar-refractivity contribution in [2.75, 3.05) is 6.54 Å². The number of rotatable bonds is 5. The molecule has 4 nitrogen and oxygen atoms in total. The van der Waals surface area contributed by atoms with E-state index in [1.165, 1.54) is 25.7 Å². The van der Waals surface area contributed by atoms with Gasteiger partial charge in [0, 0.05) is 6.54 Å². The van der Waals surface area contributed by atoms with E-state index in [2.05, 4.69) is 19.2 Å². The van der Waals surface area contributed by atoms with Crippen molar-refractivity contribution in [1.82, 2.24) is 10.2 Å². The molecule has 2 aliphatic rings. The molecule has 0 aromatic rings. The average Bonchev–Trinajstić information content (AvgIpc) is 2.88. The van der Waals surface area contributed by atoms with E-state index >= 15 is 0 Å². The van der Waals surface area contributed by atoms with E-state index in [0.29, 0.717) is 18.3 Å². The minimum atomic E-state index is -0.313. The monoisotopic (exact) mass is 280 g/mol. The second-order valence-electron chi connectivity index (χ2n) is 6.76. The van der Waals surface area contributed by atoms with Crippen LogP contribution in [-0.4, -0.2) is 35.3 Å². The standard InChI is InChI=1S/C16H28N2O2/c1-4-14-15(19)17-13(9-11(2)3)16(20)18(14)10-12-7-5-6-8-12/h11-14H,4-10H2,1-3H3,(H,17,19). The fraction of sp³-hybridized carbons (Fsp3) is 0.875. The van der Waals surface area contributed by atoms with E-state index in [1.54, 1.807) is 0 Å². The minimum absolute atomic E-state index is 0.0377. The number of piperazine rings is 1. The van der Waals surface area contributed by atoms with E-state index in [1.807, 2.05) is 11.8 Å². The van der Waals surface area contributed by atoms with Gasteiger partial charge < -0.3 is 10.2 Å². The van der Waals surface area contributed by atoms with Crippen LogP contribution in [0.15, 0.2) is 0 Å². The van der Waals surface area contributed by atoms with E-state index in [4.69, 9.17) is 0 Å². The first-order chi connectivity index (χ1) is 9.52. The predicted octanol–water partition coefficient (Wildman–Crippen LogP) is 2.33. The molecule has 20 heavy (non-hydrogen) atoms. The number of nitrogens with zero attached hydrogens (tertiary/aromatic N) is 1. The summed E-state index contributed by atoms with van der Waals surface area (Å²) in [5, 5.41) is 2.92. The fourth-order valence-electron chi connectivity index (χ4n) is 3.55. The summed E-state index contributed by atoms with van der Waals surface area (Å²) in [7, 11) is 0. The van der Waals surface area contributed by atoms with Crippen molar-refractivity contribution >= 4 is 11.8 Å². The van der Waals surface area contributed by atoms with Crippen LogP contribution in [0.25, 0.3) is 0 Å². The molecule has 0 bridgehead atoms. The van der Waals surface area contributed by atoms with Crippen molar-refractivity contribution in [2.45, 2.75) is 71.4 Å². The summed E-state index contributed by atoms with van der Waals surface area (Å²) in [4.78, 5) is 26.8. The summed E-state index contributed by atoms with van der Waals surface area (Å²) in [6.45, 7) is 6.95. The van der Waals surface area contributed by atoms with Crippen LogP contribution in [0.4, 0.5) is 0 Å². The Hall–Kier alpha value is -1.06. The van der Waals surface area contributed by atoms with Crippen LogP contribution < -0.4 is 5.32 Å². The lowest BCUT2D eigenvalue weighted by Crippen LogP contribution is -2.64. The van der Waals surface area contributed by atoms with Crippen LogP contribution in [0.3, 0.4) is 0 Å². The molecule has 2 atom stereocenters. The van der Waals surface area contributed by atoms with E-state index in [9.17, 15) is 9.59 Å². The van der Waals surface area contributed by atoms with Gasteiger partial charge in [-0.3, -0.25) is 9.59 Å². The van der Waals surface area contributed by atoms with Crippen molar-refractivity contribution in [2.24, 2.45) is 11.8 Å². The second-order valence-corrected chi connectivity index (χ2v) is 6.76. The molecule has 1 aliphatic heterocycles. The lowest BCUT2D eigenvalue weighted by molar-refractivity contribution is -0.150. The average molecular weight is 280 g/mol. The maximum Gasteiger partial charge on any atom is 0.245 e. The maximum absolute atomic E-state index is 12.7. The largest absolute Gasteiger partial charge is 0.342 e. The van der Waals surface area contributed by atoms with Crippen molar-refractivity contribution in [3.8, 4) is 0 Å². The highest BCUT2D eigenvalue weighted by molar-refractivity contribution is 5.96. The molecule has 1 heterocycles. The highest BCUT2D eigenvalue weighted by Gasteiger charge is 2.40. The van der Waals surface area contributed by atoms with Crippen LogP contribution in [0.5, 0.6) is 0 Å². The zero-order valence-electron chi connectivity index (χ0n) is 13.0. The van der Waals surface area contributed by atoms with Gasteiger partial charge in [-0.25, -0.2) is 0 Å². The Balaban J connectivity index is 2.09. The van der Waals surface area contributed by atoms with Gasteiger partial charge in [-0.2, -0.15) is 0 Å². The minimum Gasteiger partial charge on any atom is -0.342 e. The van der Waals surface area contributed by atoms with Gasteiger partial charge in [-0.05, 0) is 37.5 Å². The fourth-order valence-corrected chi connectivity index (χ4v) is 3.55. The highest BCUT2D eigenvalue weighted by Crippen LogP contribution is 2.28. The third kappa shape index (κ3) is 3.33. The summed E-state index contributed by atoms with van der Waals surface area (Å²) in [6, 6.07) is -0.571. The maximum atomic E-state index is 12.7. The smallest absolute Gasteiger partial charge is 0.245 e. The molecule has 1 N–H and O–H groups in total. The van der Waals surface area contributed by atoms with Gasteiger partial charge in [0.05, 0.1) is 0 Å². The predicted molar refractivity (Wildman–Crippen MR) is 79.1 cm³/mol. The van der Waals surface area contributed by atoms with Crippen molar-refractivity contribution < 1.29 is 9.59 Å². The zero-order valence-corrected chi connectivity index (χ0v) is 13.0. The third-order valence-electron chi connectivity index (χ3n) is 4.60. The summed E-state index contributed by atoms with van der Waals surface area (Å²) >= 11 is 0. The topological polar surface area (TPSA) is 49.4 Å². The Bertz CT molecular complexity index is 361. The zero-order chi connectivity index (χ0) is 14.7. The first-order valence-corrected chi connectivity index (χ1v) is 8.13. The molecule has 1 saturated carbocycles. The van der Waals surface area contributed by atoms with Crippen molar-refractivity contribution in [3.05, 3.63) is 0 Å². The first-order valence-electron chi connectivity index (χ1n) is 8.13.